The number of carboxylic acids is 1. The van der Waals surface area contributed by atoms with Crippen molar-refractivity contribution in [2.45, 2.75) is 5.38 Å². The lowest BCUT2D eigenvalue weighted by molar-refractivity contribution is 0.0695. The van der Waals surface area contributed by atoms with E-state index in [2.05, 4.69) is 0 Å². The standard InChI is InChI=1S/C8H5ClF2NO3/c9-8(10,11)5-1-4(7(13)14)2-6(3-5)12-15/h1-3,12H,(H,13,14)/q-1. The van der Waals surface area contributed by atoms with Crippen molar-refractivity contribution in [2.24, 2.45) is 0 Å². The summed E-state index contributed by atoms with van der Waals surface area (Å²) in [4.78, 5) is 10.5. The van der Waals surface area contributed by atoms with E-state index in [9.17, 15) is 18.8 Å². The first-order valence-corrected chi connectivity index (χ1v) is 4.06. The van der Waals surface area contributed by atoms with Gasteiger partial charge >= 0.3 is 11.4 Å². The molecule has 1 aromatic rings. The van der Waals surface area contributed by atoms with Crippen LogP contribution < -0.4 is 5.48 Å². The van der Waals surface area contributed by atoms with Gasteiger partial charge in [-0.05, 0) is 29.8 Å². The third-order valence-electron chi connectivity index (χ3n) is 1.63. The summed E-state index contributed by atoms with van der Waals surface area (Å²) in [5.41, 5.74) is -0.144. The maximum atomic E-state index is 12.7. The van der Waals surface area contributed by atoms with Gasteiger partial charge in [-0.2, -0.15) is 8.78 Å². The molecule has 0 aliphatic heterocycles. The number of rotatable bonds is 3. The predicted molar refractivity (Wildman–Crippen MR) is 50.1 cm³/mol. The molecule has 0 amide bonds. The summed E-state index contributed by atoms with van der Waals surface area (Å²) < 4.78 is 25.3. The van der Waals surface area contributed by atoms with Gasteiger partial charge in [0.25, 0.3) is 0 Å². The van der Waals surface area contributed by atoms with Gasteiger partial charge < -0.3 is 15.8 Å². The van der Waals surface area contributed by atoms with Crippen molar-refractivity contribution in [3.63, 3.8) is 0 Å². The Hall–Kier alpha value is -1.40. The summed E-state index contributed by atoms with van der Waals surface area (Å²) in [6.07, 6.45) is 0. The lowest BCUT2D eigenvalue weighted by Crippen LogP contribution is -2.07. The van der Waals surface area contributed by atoms with Gasteiger partial charge in [0.1, 0.15) is 0 Å². The molecule has 7 heteroatoms. The van der Waals surface area contributed by atoms with Gasteiger partial charge in [0.15, 0.2) is 0 Å². The van der Waals surface area contributed by atoms with Crippen LogP contribution in [0.3, 0.4) is 0 Å². The van der Waals surface area contributed by atoms with Crippen LogP contribution in [-0.4, -0.2) is 11.1 Å². The van der Waals surface area contributed by atoms with Crippen molar-refractivity contribution in [3.05, 3.63) is 34.5 Å². The highest BCUT2D eigenvalue weighted by atomic mass is 35.5. The lowest BCUT2D eigenvalue weighted by Gasteiger charge is -2.14. The number of nitrogens with one attached hydrogen (secondary N) is 1. The summed E-state index contributed by atoms with van der Waals surface area (Å²) in [6.45, 7) is 0. The first-order chi connectivity index (χ1) is 6.84. The van der Waals surface area contributed by atoms with E-state index in [1.54, 1.807) is 0 Å². The van der Waals surface area contributed by atoms with E-state index < -0.39 is 22.5 Å². The van der Waals surface area contributed by atoms with Gasteiger partial charge in [0.2, 0.25) is 0 Å². The minimum absolute atomic E-state index is 0.287. The third-order valence-corrected chi connectivity index (χ3v) is 1.84. The molecule has 0 atom stereocenters. The molecule has 1 aromatic carbocycles. The molecular formula is C8H5ClF2NO3-. The number of anilines is 1. The largest absolute Gasteiger partial charge is 0.761 e. The molecule has 82 valence electrons. The van der Waals surface area contributed by atoms with Crippen molar-refractivity contribution in [2.75, 3.05) is 5.48 Å². The zero-order valence-electron chi connectivity index (χ0n) is 7.13. The molecule has 0 aliphatic carbocycles. The molecule has 0 saturated carbocycles. The van der Waals surface area contributed by atoms with E-state index in [1.165, 1.54) is 5.48 Å². The Morgan fingerprint density at radius 2 is 2.07 bits per heavy atom. The Morgan fingerprint density at radius 1 is 1.47 bits per heavy atom. The molecule has 1 rings (SSSR count). The number of aromatic carboxylic acids is 1. The number of benzene rings is 1. The fraction of sp³-hybridized carbons (Fsp3) is 0.125. The summed E-state index contributed by atoms with van der Waals surface area (Å²) in [5.74, 6) is -1.42. The highest BCUT2D eigenvalue weighted by Crippen LogP contribution is 2.34. The minimum atomic E-state index is -3.71. The maximum Gasteiger partial charge on any atom is 0.348 e. The molecule has 0 unspecified atom stereocenters. The van der Waals surface area contributed by atoms with E-state index in [0.29, 0.717) is 6.07 Å². The maximum absolute atomic E-state index is 12.7. The average molecular weight is 237 g/mol. The highest BCUT2D eigenvalue weighted by Gasteiger charge is 2.29. The van der Waals surface area contributed by atoms with E-state index in [1.807, 2.05) is 0 Å². The fourth-order valence-corrected chi connectivity index (χ4v) is 1.08. The Bertz CT molecular complexity index is 392. The van der Waals surface area contributed by atoms with Gasteiger partial charge in [-0.15, -0.1) is 0 Å². The molecule has 0 aromatic heterocycles. The molecule has 0 bridgehead atoms. The Morgan fingerprint density at radius 3 is 2.47 bits per heavy atom. The van der Waals surface area contributed by atoms with Crippen molar-refractivity contribution in [3.8, 4) is 0 Å². The average Bonchev–Trinajstić information content (AvgIpc) is 2.15. The first-order valence-electron chi connectivity index (χ1n) is 3.68. The number of halogens is 3. The number of carboxylic acid groups (broad SMARTS) is 1. The van der Waals surface area contributed by atoms with Gasteiger partial charge in [-0.25, -0.2) is 4.79 Å². The van der Waals surface area contributed by atoms with Crippen molar-refractivity contribution >= 4 is 23.3 Å². The summed E-state index contributed by atoms with van der Waals surface area (Å²) in [7, 11) is 0. The molecule has 0 aliphatic rings. The van der Waals surface area contributed by atoms with Crippen LogP contribution in [0, 0.1) is 5.21 Å². The topological polar surface area (TPSA) is 72.4 Å². The Labute approximate surface area is 88.0 Å². The number of carbonyl (C=O) groups is 1. The van der Waals surface area contributed by atoms with Crippen LogP contribution in [0.15, 0.2) is 18.2 Å². The van der Waals surface area contributed by atoms with Crippen molar-refractivity contribution in [1.29, 1.82) is 0 Å². The highest BCUT2D eigenvalue weighted by molar-refractivity contribution is 6.21. The van der Waals surface area contributed by atoms with Gasteiger partial charge in [-0.3, -0.25) is 0 Å². The van der Waals surface area contributed by atoms with Crippen LogP contribution in [0.2, 0.25) is 0 Å². The number of hydrogen-bond acceptors (Lipinski definition) is 3. The second-order valence-electron chi connectivity index (χ2n) is 2.70. The molecule has 0 saturated heterocycles. The van der Waals surface area contributed by atoms with Crippen LogP contribution in [0.1, 0.15) is 15.9 Å². The monoisotopic (exact) mass is 236 g/mol. The SMILES string of the molecule is O=C(O)c1cc(N[O-])cc(C(F)(F)Cl)c1. The normalized spacial score (nSPS) is 11.2. The molecule has 2 N–H and O–H groups in total. The van der Waals surface area contributed by atoms with Crippen LogP contribution >= 0.6 is 11.6 Å². The molecule has 0 radical (unpaired) electrons. The second-order valence-corrected chi connectivity index (χ2v) is 3.18. The van der Waals surface area contributed by atoms with Crippen molar-refractivity contribution < 1.29 is 18.7 Å². The predicted octanol–water partition coefficient (Wildman–Crippen LogP) is 2.58. The van der Waals surface area contributed by atoms with Crippen LogP contribution in [0.25, 0.3) is 0 Å². The molecule has 0 spiro atoms. The molecule has 0 heterocycles. The van der Waals surface area contributed by atoms with E-state index in [0.717, 1.165) is 12.1 Å². The van der Waals surface area contributed by atoms with Gasteiger partial charge in [0.05, 0.1) is 5.56 Å². The summed E-state index contributed by atoms with van der Waals surface area (Å²) in [5, 5.41) is 15.1. The minimum Gasteiger partial charge on any atom is -0.761 e. The smallest absolute Gasteiger partial charge is 0.348 e. The van der Waals surface area contributed by atoms with Gasteiger partial charge in [0, 0.05) is 11.3 Å². The zero-order valence-corrected chi connectivity index (χ0v) is 7.89. The Balaban J connectivity index is 3.30. The van der Waals surface area contributed by atoms with Crippen molar-refractivity contribution in [1.82, 2.24) is 0 Å². The molecule has 0 fully saturated rings. The van der Waals surface area contributed by atoms with Crippen LogP contribution in [-0.2, 0) is 5.38 Å². The van der Waals surface area contributed by atoms with Crippen LogP contribution in [0.4, 0.5) is 14.5 Å². The molecule has 4 nitrogen and oxygen atoms in total. The zero-order chi connectivity index (χ0) is 11.6. The van der Waals surface area contributed by atoms with Crippen LogP contribution in [0.5, 0.6) is 0 Å². The van der Waals surface area contributed by atoms with E-state index >= 15 is 0 Å². The lowest BCUT2D eigenvalue weighted by atomic mass is 10.1. The Kier molecular flexibility index (Phi) is 3.11. The first kappa shape index (κ1) is 11.7. The number of alkyl halides is 3. The summed E-state index contributed by atoms with van der Waals surface area (Å²) >= 11 is 4.71. The van der Waals surface area contributed by atoms with E-state index in [-0.39, 0.29) is 5.69 Å². The third kappa shape index (κ3) is 2.77. The quantitative estimate of drug-likeness (QED) is 0.625. The summed E-state index contributed by atoms with van der Waals surface area (Å²) in [6, 6.07) is 2.42. The fourth-order valence-electron chi connectivity index (χ4n) is 0.974. The second kappa shape index (κ2) is 4.00. The van der Waals surface area contributed by atoms with E-state index in [4.69, 9.17) is 16.7 Å². The van der Waals surface area contributed by atoms with Gasteiger partial charge in [-0.1, -0.05) is 0 Å². The molecular weight excluding hydrogens is 232 g/mol. The number of hydrogen-bond donors (Lipinski definition) is 2. The molecule has 15 heavy (non-hydrogen) atoms.